The Kier molecular flexibility index (Phi) is 5.49. The summed E-state index contributed by atoms with van der Waals surface area (Å²) in [5.74, 6) is 0.440. The lowest BCUT2D eigenvalue weighted by Crippen LogP contribution is -2.36. The Bertz CT molecular complexity index is 296. The van der Waals surface area contributed by atoms with Gasteiger partial charge >= 0.3 is 0 Å². The maximum atomic E-state index is 9.18. The van der Waals surface area contributed by atoms with Crippen LogP contribution in [-0.4, -0.2) is 27.5 Å². The molecule has 1 heterocycles. The molecule has 0 aliphatic heterocycles. The standard InChI is InChI=1S/C12H23N3O/c1-4-5-15-8-11(7-14-15)6-13-12(9-16)10(2)3/h7-8,10,12-13,16H,4-6,9H2,1-3H3/t12-/m1/s1. The highest BCUT2D eigenvalue weighted by molar-refractivity contribution is 5.03. The molecule has 0 saturated carbocycles. The van der Waals surface area contributed by atoms with E-state index < -0.39 is 0 Å². The molecule has 4 nitrogen and oxygen atoms in total. The van der Waals surface area contributed by atoms with Crippen molar-refractivity contribution >= 4 is 0 Å². The number of aliphatic hydroxyl groups excluding tert-OH is 1. The second kappa shape index (κ2) is 6.66. The van der Waals surface area contributed by atoms with E-state index in [-0.39, 0.29) is 12.6 Å². The minimum atomic E-state index is 0.162. The molecule has 2 N–H and O–H groups in total. The van der Waals surface area contributed by atoms with Crippen LogP contribution in [0.2, 0.25) is 0 Å². The maximum Gasteiger partial charge on any atom is 0.0587 e. The summed E-state index contributed by atoms with van der Waals surface area (Å²) in [5.41, 5.74) is 1.17. The summed E-state index contributed by atoms with van der Waals surface area (Å²) in [7, 11) is 0. The predicted octanol–water partition coefficient (Wildman–Crippen LogP) is 1.40. The fourth-order valence-electron chi connectivity index (χ4n) is 1.61. The lowest BCUT2D eigenvalue weighted by molar-refractivity contribution is 0.210. The molecule has 1 atom stereocenters. The number of aliphatic hydroxyl groups is 1. The van der Waals surface area contributed by atoms with Crippen LogP contribution in [0.4, 0.5) is 0 Å². The number of aryl methyl sites for hydroxylation is 1. The fraction of sp³-hybridized carbons (Fsp3) is 0.750. The zero-order valence-corrected chi connectivity index (χ0v) is 10.5. The minimum Gasteiger partial charge on any atom is -0.395 e. The van der Waals surface area contributed by atoms with Gasteiger partial charge in [-0.15, -0.1) is 0 Å². The Morgan fingerprint density at radius 3 is 2.81 bits per heavy atom. The molecule has 0 aromatic carbocycles. The van der Waals surface area contributed by atoms with Gasteiger partial charge in [0.05, 0.1) is 12.8 Å². The molecule has 0 fully saturated rings. The summed E-state index contributed by atoms with van der Waals surface area (Å²) in [5, 5.41) is 16.8. The molecule has 0 aliphatic carbocycles. The van der Waals surface area contributed by atoms with Crippen LogP contribution in [0.3, 0.4) is 0 Å². The zero-order valence-electron chi connectivity index (χ0n) is 10.5. The predicted molar refractivity (Wildman–Crippen MR) is 65.1 cm³/mol. The highest BCUT2D eigenvalue weighted by Crippen LogP contribution is 2.03. The first-order valence-electron chi connectivity index (χ1n) is 6.03. The number of nitrogens with zero attached hydrogens (tertiary/aromatic N) is 2. The number of rotatable bonds is 7. The molecule has 0 saturated heterocycles. The summed E-state index contributed by atoms with van der Waals surface area (Å²) in [6, 6.07) is 0.162. The van der Waals surface area contributed by atoms with Crippen molar-refractivity contribution in [3.63, 3.8) is 0 Å². The van der Waals surface area contributed by atoms with E-state index in [2.05, 4.69) is 37.4 Å². The molecule has 92 valence electrons. The Balaban J connectivity index is 2.41. The second-order valence-electron chi connectivity index (χ2n) is 4.53. The van der Waals surface area contributed by atoms with Crippen molar-refractivity contribution < 1.29 is 5.11 Å². The summed E-state index contributed by atoms with van der Waals surface area (Å²) < 4.78 is 1.96. The van der Waals surface area contributed by atoms with E-state index in [1.165, 1.54) is 5.56 Å². The van der Waals surface area contributed by atoms with Gasteiger partial charge in [0.15, 0.2) is 0 Å². The Morgan fingerprint density at radius 2 is 2.25 bits per heavy atom. The third kappa shape index (κ3) is 3.94. The lowest BCUT2D eigenvalue weighted by Gasteiger charge is -2.19. The van der Waals surface area contributed by atoms with E-state index in [9.17, 15) is 5.11 Å². The lowest BCUT2D eigenvalue weighted by atomic mass is 10.1. The van der Waals surface area contributed by atoms with E-state index in [1.54, 1.807) is 0 Å². The molecule has 0 radical (unpaired) electrons. The van der Waals surface area contributed by atoms with Crippen LogP contribution >= 0.6 is 0 Å². The fourth-order valence-corrected chi connectivity index (χ4v) is 1.61. The van der Waals surface area contributed by atoms with Gasteiger partial charge in [0.1, 0.15) is 0 Å². The van der Waals surface area contributed by atoms with Crippen LogP contribution in [0.5, 0.6) is 0 Å². The van der Waals surface area contributed by atoms with Gasteiger partial charge in [-0.25, -0.2) is 0 Å². The molecule has 0 bridgehead atoms. The molecule has 0 spiro atoms. The highest BCUT2D eigenvalue weighted by Gasteiger charge is 2.11. The second-order valence-corrected chi connectivity index (χ2v) is 4.53. The van der Waals surface area contributed by atoms with Crippen molar-refractivity contribution in [3.8, 4) is 0 Å². The normalized spacial score (nSPS) is 13.3. The molecule has 0 unspecified atom stereocenters. The van der Waals surface area contributed by atoms with Gasteiger partial charge in [0.25, 0.3) is 0 Å². The molecule has 1 rings (SSSR count). The maximum absolute atomic E-state index is 9.18. The van der Waals surface area contributed by atoms with Crippen LogP contribution < -0.4 is 5.32 Å². The molecule has 16 heavy (non-hydrogen) atoms. The Hall–Kier alpha value is -0.870. The van der Waals surface area contributed by atoms with Gasteiger partial charge < -0.3 is 10.4 Å². The van der Waals surface area contributed by atoms with Crippen LogP contribution in [0, 0.1) is 5.92 Å². The van der Waals surface area contributed by atoms with Crippen molar-refractivity contribution in [2.45, 2.75) is 46.3 Å². The minimum absolute atomic E-state index is 0.162. The monoisotopic (exact) mass is 225 g/mol. The summed E-state index contributed by atoms with van der Waals surface area (Å²) in [6.07, 6.45) is 5.04. The van der Waals surface area contributed by atoms with Gasteiger partial charge in [-0.2, -0.15) is 5.10 Å². The summed E-state index contributed by atoms with van der Waals surface area (Å²) >= 11 is 0. The first-order valence-corrected chi connectivity index (χ1v) is 6.03. The highest BCUT2D eigenvalue weighted by atomic mass is 16.3. The smallest absolute Gasteiger partial charge is 0.0587 e. The Morgan fingerprint density at radius 1 is 1.50 bits per heavy atom. The first kappa shape index (κ1) is 13.2. The van der Waals surface area contributed by atoms with E-state index in [0.29, 0.717) is 5.92 Å². The third-order valence-corrected chi connectivity index (χ3v) is 2.71. The van der Waals surface area contributed by atoms with Crippen molar-refractivity contribution in [1.82, 2.24) is 15.1 Å². The number of hydrogen-bond donors (Lipinski definition) is 2. The van der Waals surface area contributed by atoms with Gasteiger partial charge in [-0.3, -0.25) is 4.68 Å². The third-order valence-electron chi connectivity index (χ3n) is 2.71. The van der Waals surface area contributed by atoms with Gasteiger partial charge in [0, 0.05) is 30.9 Å². The van der Waals surface area contributed by atoms with Crippen molar-refractivity contribution in [2.75, 3.05) is 6.61 Å². The van der Waals surface area contributed by atoms with Crippen molar-refractivity contribution in [3.05, 3.63) is 18.0 Å². The summed E-state index contributed by atoms with van der Waals surface area (Å²) in [6.45, 7) is 8.27. The molecule has 1 aromatic rings. The van der Waals surface area contributed by atoms with E-state index in [1.807, 2.05) is 10.9 Å². The van der Waals surface area contributed by atoms with Crippen LogP contribution in [0.25, 0.3) is 0 Å². The average Bonchev–Trinajstić information content (AvgIpc) is 2.67. The van der Waals surface area contributed by atoms with Gasteiger partial charge in [-0.1, -0.05) is 20.8 Å². The average molecular weight is 225 g/mol. The van der Waals surface area contributed by atoms with E-state index in [4.69, 9.17) is 0 Å². The Labute approximate surface area is 97.7 Å². The zero-order chi connectivity index (χ0) is 12.0. The molecule has 1 aromatic heterocycles. The largest absolute Gasteiger partial charge is 0.395 e. The SMILES string of the molecule is CCCn1cc(CN[C@H](CO)C(C)C)cn1. The first-order chi connectivity index (χ1) is 7.67. The van der Waals surface area contributed by atoms with Crippen LogP contribution in [0.15, 0.2) is 12.4 Å². The van der Waals surface area contributed by atoms with Gasteiger partial charge in [-0.05, 0) is 12.3 Å². The topological polar surface area (TPSA) is 50.1 Å². The quantitative estimate of drug-likeness (QED) is 0.737. The van der Waals surface area contributed by atoms with E-state index >= 15 is 0 Å². The number of aromatic nitrogens is 2. The molecule has 0 aliphatic rings. The van der Waals surface area contributed by atoms with Crippen molar-refractivity contribution in [2.24, 2.45) is 5.92 Å². The molecule has 0 amide bonds. The molecular formula is C12H23N3O. The van der Waals surface area contributed by atoms with Crippen molar-refractivity contribution in [1.29, 1.82) is 0 Å². The van der Waals surface area contributed by atoms with Gasteiger partial charge in [0.2, 0.25) is 0 Å². The molecular weight excluding hydrogens is 202 g/mol. The van der Waals surface area contributed by atoms with Crippen LogP contribution in [-0.2, 0) is 13.1 Å². The number of hydrogen-bond acceptors (Lipinski definition) is 3. The van der Waals surface area contributed by atoms with Crippen LogP contribution in [0.1, 0.15) is 32.8 Å². The number of nitrogens with one attached hydrogen (secondary N) is 1. The van der Waals surface area contributed by atoms with E-state index in [0.717, 1.165) is 19.5 Å². The molecule has 4 heteroatoms. The summed E-state index contributed by atoms with van der Waals surface area (Å²) in [4.78, 5) is 0.